The van der Waals surface area contributed by atoms with Gasteiger partial charge in [0.25, 0.3) is 0 Å². The molecule has 0 saturated heterocycles. The van der Waals surface area contributed by atoms with Gasteiger partial charge >= 0.3 is 0 Å². The highest BCUT2D eigenvalue weighted by atomic mass is 16.6. The molecule has 1 heterocycles. The predicted molar refractivity (Wildman–Crippen MR) is 62.2 cm³/mol. The molecule has 0 saturated carbocycles. The number of ether oxygens (including phenoxy) is 2. The number of hydrogen-bond donors (Lipinski definition) is 1. The van der Waals surface area contributed by atoms with E-state index < -0.39 is 0 Å². The summed E-state index contributed by atoms with van der Waals surface area (Å²) < 4.78 is 11.0. The standard InChI is InChI=1S/C13H18O3/c1-13(2,5-6-14)10-3-4-11-12(9-10)16-8-7-15-11/h3-4,9,14H,5-8H2,1-2H3. The van der Waals surface area contributed by atoms with E-state index in [1.54, 1.807) is 0 Å². The number of fused-ring (bicyclic) bond motifs is 1. The summed E-state index contributed by atoms with van der Waals surface area (Å²) in [5, 5.41) is 9.05. The fraction of sp³-hybridized carbons (Fsp3) is 0.538. The van der Waals surface area contributed by atoms with Gasteiger partial charge in [0.05, 0.1) is 0 Å². The summed E-state index contributed by atoms with van der Waals surface area (Å²) in [6, 6.07) is 6.01. The molecule has 0 aromatic heterocycles. The first-order valence-corrected chi connectivity index (χ1v) is 5.64. The van der Waals surface area contributed by atoms with E-state index in [4.69, 9.17) is 14.6 Å². The van der Waals surface area contributed by atoms with Crippen molar-refractivity contribution in [2.45, 2.75) is 25.7 Å². The van der Waals surface area contributed by atoms with Gasteiger partial charge in [0.1, 0.15) is 13.2 Å². The van der Waals surface area contributed by atoms with Crippen LogP contribution in [-0.4, -0.2) is 24.9 Å². The highest BCUT2D eigenvalue weighted by Gasteiger charge is 2.22. The Labute approximate surface area is 96.0 Å². The molecule has 2 rings (SSSR count). The lowest BCUT2D eigenvalue weighted by Crippen LogP contribution is -2.20. The Hall–Kier alpha value is -1.22. The number of benzene rings is 1. The highest BCUT2D eigenvalue weighted by molar-refractivity contribution is 5.45. The zero-order valence-corrected chi connectivity index (χ0v) is 9.82. The second-order valence-corrected chi connectivity index (χ2v) is 4.72. The lowest BCUT2D eigenvalue weighted by atomic mass is 9.82. The molecule has 1 aromatic rings. The summed E-state index contributed by atoms with van der Waals surface area (Å²) in [6.45, 7) is 5.66. The van der Waals surface area contributed by atoms with Gasteiger partial charge in [0.2, 0.25) is 0 Å². The monoisotopic (exact) mass is 222 g/mol. The van der Waals surface area contributed by atoms with Gasteiger partial charge in [0, 0.05) is 6.61 Å². The van der Waals surface area contributed by atoms with Crippen LogP contribution in [0.2, 0.25) is 0 Å². The van der Waals surface area contributed by atoms with Crippen molar-refractivity contribution in [3.63, 3.8) is 0 Å². The first-order chi connectivity index (χ1) is 7.63. The van der Waals surface area contributed by atoms with E-state index in [-0.39, 0.29) is 12.0 Å². The minimum Gasteiger partial charge on any atom is -0.486 e. The van der Waals surface area contributed by atoms with Gasteiger partial charge in [-0.1, -0.05) is 19.9 Å². The van der Waals surface area contributed by atoms with Crippen LogP contribution in [0.3, 0.4) is 0 Å². The summed E-state index contributed by atoms with van der Waals surface area (Å²) >= 11 is 0. The fourth-order valence-corrected chi connectivity index (χ4v) is 1.89. The van der Waals surface area contributed by atoms with Crippen molar-refractivity contribution in [1.29, 1.82) is 0 Å². The molecule has 0 unspecified atom stereocenters. The van der Waals surface area contributed by atoms with Crippen molar-refractivity contribution in [3.8, 4) is 11.5 Å². The third-order valence-electron chi connectivity index (χ3n) is 3.06. The SMILES string of the molecule is CC(C)(CCO)c1ccc2c(c1)OCCO2. The Morgan fingerprint density at radius 1 is 1.19 bits per heavy atom. The molecule has 0 amide bonds. The van der Waals surface area contributed by atoms with Crippen molar-refractivity contribution in [2.75, 3.05) is 19.8 Å². The molecule has 0 radical (unpaired) electrons. The maximum atomic E-state index is 9.05. The van der Waals surface area contributed by atoms with Gasteiger partial charge in [-0.25, -0.2) is 0 Å². The smallest absolute Gasteiger partial charge is 0.161 e. The van der Waals surface area contributed by atoms with E-state index in [9.17, 15) is 0 Å². The van der Waals surface area contributed by atoms with Gasteiger partial charge < -0.3 is 14.6 Å². The molecule has 0 atom stereocenters. The summed E-state index contributed by atoms with van der Waals surface area (Å²) in [6.07, 6.45) is 0.743. The molecular weight excluding hydrogens is 204 g/mol. The normalized spacial score (nSPS) is 14.9. The van der Waals surface area contributed by atoms with E-state index in [0.717, 1.165) is 17.9 Å². The number of rotatable bonds is 3. The molecular formula is C13H18O3. The molecule has 1 aliphatic rings. The zero-order valence-electron chi connectivity index (χ0n) is 9.82. The van der Waals surface area contributed by atoms with Crippen LogP contribution in [0.15, 0.2) is 18.2 Å². The average molecular weight is 222 g/mol. The Balaban J connectivity index is 2.29. The van der Waals surface area contributed by atoms with Crippen LogP contribution in [-0.2, 0) is 5.41 Å². The van der Waals surface area contributed by atoms with Gasteiger partial charge in [-0.15, -0.1) is 0 Å². The largest absolute Gasteiger partial charge is 0.486 e. The van der Waals surface area contributed by atoms with Crippen LogP contribution in [0.5, 0.6) is 11.5 Å². The van der Waals surface area contributed by atoms with E-state index in [1.807, 2.05) is 18.2 Å². The minimum atomic E-state index is -0.0371. The first kappa shape index (κ1) is 11.3. The summed E-state index contributed by atoms with van der Waals surface area (Å²) in [7, 11) is 0. The van der Waals surface area contributed by atoms with Gasteiger partial charge in [-0.2, -0.15) is 0 Å². The minimum absolute atomic E-state index is 0.0371. The quantitative estimate of drug-likeness (QED) is 0.851. The molecule has 0 spiro atoms. The molecule has 0 fully saturated rings. The first-order valence-electron chi connectivity index (χ1n) is 5.64. The van der Waals surface area contributed by atoms with E-state index in [0.29, 0.717) is 13.2 Å². The Morgan fingerprint density at radius 3 is 2.56 bits per heavy atom. The second kappa shape index (κ2) is 4.34. The van der Waals surface area contributed by atoms with E-state index in [2.05, 4.69) is 13.8 Å². The van der Waals surface area contributed by atoms with Crippen LogP contribution in [0.25, 0.3) is 0 Å². The highest BCUT2D eigenvalue weighted by Crippen LogP contribution is 2.36. The van der Waals surface area contributed by atoms with Crippen LogP contribution in [0.4, 0.5) is 0 Å². The second-order valence-electron chi connectivity index (χ2n) is 4.72. The van der Waals surface area contributed by atoms with Crippen molar-refractivity contribution in [2.24, 2.45) is 0 Å². The van der Waals surface area contributed by atoms with E-state index in [1.165, 1.54) is 5.56 Å². The van der Waals surface area contributed by atoms with Crippen molar-refractivity contribution in [1.82, 2.24) is 0 Å². The maximum Gasteiger partial charge on any atom is 0.161 e. The molecule has 88 valence electrons. The molecule has 1 aliphatic heterocycles. The third kappa shape index (κ3) is 2.14. The molecule has 1 aromatic carbocycles. The van der Waals surface area contributed by atoms with Gasteiger partial charge in [-0.05, 0) is 29.5 Å². The molecule has 1 N–H and O–H groups in total. The molecule has 0 aliphatic carbocycles. The average Bonchev–Trinajstić information content (AvgIpc) is 2.28. The lowest BCUT2D eigenvalue weighted by Gasteiger charge is -2.26. The topological polar surface area (TPSA) is 38.7 Å². The maximum absolute atomic E-state index is 9.05. The number of aliphatic hydroxyl groups excluding tert-OH is 1. The van der Waals surface area contributed by atoms with Crippen LogP contribution in [0.1, 0.15) is 25.8 Å². The number of aliphatic hydroxyl groups is 1. The lowest BCUT2D eigenvalue weighted by molar-refractivity contribution is 0.171. The van der Waals surface area contributed by atoms with Gasteiger partial charge in [-0.3, -0.25) is 0 Å². The predicted octanol–water partition coefficient (Wildman–Crippen LogP) is 2.12. The molecule has 16 heavy (non-hydrogen) atoms. The summed E-state index contributed by atoms with van der Waals surface area (Å²) in [4.78, 5) is 0. The van der Waals surface area contributed by atoms with Gasteiger partial charge in [0.15, 0.2) is 11.5 Å². The van der Waals surface area contributed by atoms with Crippen molar-refractivity contribution in [3.05, 3.63) is 23.8 Å². The summed E-state index contributed by atoms with van der Waals surface area (Å²) in [5.74, 6) is 1.63. The van der Waals surface area contributed by atoms with E-state index >= 15 is 0 Å². The zero-order chi connectivity index (χ0) is 11.6. The molecule has 0 bridgehead atoms. The fourth-order valence-electron chi connectivity index (χ4n) is 1.89. The Kier molecular flexibility index (Phi) is 3.06. The van der Waals surface area contributed by atoms with Crippen LogP contribution < -0.4 is 9.47 Å². The molecule has 3 nitrogen and oxygen atoms in total. The summed E-state index contributed by atoms with van der Waals surface area (Å²) in [5.41, 5.74) is 1.13. The number of hydrogen-bond acceptors (Lipinski definition) is 3. The van der Waals surface area contributed by atoms with Crippen LogP contribution >= 0.6 is 0 Å². The Bertz CT molecular complexity index is 371. The Morgan fingerprint density at radius 2 is 1.88 bits per heavy atom. The van der Waals surface area contributed by atoms with Crippen molar-refractivity contribution < 1.29 is 14.6 Å². The van der Waals surface area contributed by atoms with Crippen LogP contribution in [0, 0.1) is 0 Å². The molecule has 3 heteroatoms. The third-order valence-corrected chi connectivity index (χ3v) is 3.06. The van der Waals surface area contributed by atoms with Crippen molar-refractivity contribution >= 4 is 0 Å².